The van der Waals surface area contributed by atoms with Crippen LogP contribution in [0.1, 0.15) is 24.4 Å². The number of hydrogen-bond donors (Lipinski definition) is 1. The average molecular weight is 256 g/mol. The van der Waals surface area contributed by atoms with E-state index in [-0.39, 0.29) is 12.8 Å². The Morgan fingerprint density at radius 3 is 3.12 bits per heavy atom. The highest BCUT2D eigenvalue weighted by Crippen LogP contribution is 2.31. The second-order valence-electron chi connectivity index (χ2n) is 3.98. The van der Waals surface area contributed by atoms with E-state index in [1.807, 2.05) is 6.07 Å². The van der Waals surface area contributed by atoms with Crippen LogP contribution < -0.4 is 5.73 Å². The van der Waals surface area contributed by atoms with Crippen molar-refractivity contribution in [3.63, 3.8) is 0 Å². The SMILES string of the molecule is NC(=O)OCN1CCC[C@@H]1c1ccc(Cl)nc1. The van der Waals surface area contributed by atoms with Crippen LogP contribution >= 0.6 is 11.6 Å². The average Bonchev–Trinajstić information content (AvgIpc) is 2.75. The van der Waals surface area contributed by atoms with Crippen LogP contribution in [0.4, 0.5) is 4.79 Å². The van der Waals surface area contributed by atoms with Crippen molar-refractivity contribution in [2.24, 2.45) is 5.73 Å². The lowest BCUT2D eigenvalue weighted by atomic mass is 10.1. The topological polar surface area (TPSA) is 68.5 Å². The van der Waals surface area contributed by atoms with E-state index in [4.69, 9.17) is 22.1 Å². The third kappa shape index (κ3) is 3.08. The van der Waals surface area contributed by atoms with Crippen molar-refractivity contribution < 1.29 is 9.53 Å². The van der Waals surface area contributed by atoms with E-state index in [2.05, 4.69) is 9.88 Å². The standard InChI is InChI=1S/C11H14ClN3O2/c12-10-4-3-8(6-14-10)9-2-1-5-15(9)7-17-11(13)16/h3-4,6,9H,1-2,5,7H2,(H2,13,16)/t9-/m1/s1. The summed E-state index contributed by atoms with van der Waals surface area (Å²) < 4.78 is 4.82. The Morgan fingerprint density at radius 2 is 2.47 bits per heavy atom. The van der Waals surface area contributed by atoms with Gasteiger partial charge in [-0.1, -0.05) is 17.7 Å². The molecule has 1 aliphatic heterocycles. The van der Waals surface area contributed by atoms with Crippen LogP contribution in [-0.2, 0) is 4.74 Å². The van der Waals surface area contributed by atoms with Gasteiger partial charge in [0.05, 0.1) is 0 Å². The molecule has 1 atom stereocenters. The van der Waals surface area contributed by atoms with Crippen molar-refractivity contribution in [3.05, 3.63) is 29.0 Å². The predicted molar refractivity (Wildman–Crippen MR) is 63.5 cm³/mol. The first-order chi connectivity index (χ1) is 8.16. The van der Waals surface area contributed by atoms with Gasteiger partial charge in [0.2, 0.25) is 0 Å². The fraction of sp³-hybridized carbons (Fsp3) is 0.455. The number of likely N-dealkylation sites (tertiary alicyclic amines) is 1. The number of nitrogens with two attached hydrogens (primary N) is 1. The summed E-state index contributed by atoms with van der Waals surface area (Å²) in [7, 11) is 0. The number of halogens is 1. The molecule has 0 saturated carbocycles. The summed E-state index contributed by atoms with van der Waals surface area (Å²) in [5.74, 6) is 0. The molecule has 0 bridgehead atoms. The number of carbonyl (C=O) groups is 1. The molecule has 1 aromatic rings. The van der Waals surface area contributed by atoms with E-state index in [9.17, 15) is 4.79 Å². The first-order valence-corrected chi connectivity index (χ1v) is 5.82. The predicted octanol–water partition coefficient (Wildman–Crippen LogP) is 1.92. The van der Waals surface area contributed by atoms with Gasteiger partial charge >= 0.3 is 6.09 Å². The summed E-state index contributed by atoms with van der Waals surface area (Å²) in [6.45, 7) is 1.11. The summed E-state index contributed by atoms with van der Waals surface area (Å²) in [6, 6.07) is 3.93. The molecule has 5 nitrogen and oxygen atoms in total. The normalized spacial score (nSPS) is 20.4. The fourth-order valence-corrected chi connectivity index (χ4v) is 2.20. The zero-order chi connectivity index (χ0) is 12.3. The van der Waals surface area contributed by atoms with E-state index in [1.54, 1.807) is 12.3 Å². The third-order valence-electron chi connectivity index (χ3n) is 2.87. The van der Waals surface area contributed by atoms with Crippen LogP contribution in [0.5, 0.6) is 0 Å². The zero-order valence-corrected chi connectivity index (χ0v) is 10.1. The number of primary amides is 1. The first kappa shape index (κ1) is 12.1. The summed E-state index contributed by atoms with van der Waals surface area (Å²) >= 11 is 5.75. The molecule has 2 rings (SSSR count). The molecule has 2 N–H and O–H groups in total. The third-order valence-corrected chi connectivity index (χ3v) is 3.09. The maximum absolute atomic E-state index is 10.6. The van der Waals surface area contributed by atoms with Crippen molar-refractivity contribution in [1.29, 1.82) is 0 Å². The second kappa shape index (κ2) is 5.33. The summed E-state index contributed by atoms with van der Waals surface area (Å²) in [5.41, 5.74) is 6.04. The molecule has 0 spiro atoms. The van der Waals surface area contributed by atoms with Crippen molar-refractivity contribution >= 4 is 17.7 Å². The number of pyridine rings is 1. The minimum Gasteiger partial charge on any atom is -0.434 e. The Hall–Kier alpha value is -1.33. The van der Waals surface area contributed by atoms with Gasteiger partial charge in [-0.15, -0.1) is 0 Å². The highest BCUT2D eigenvalue weighted by molar-refractivity contribution is 6.29. The van der Waals surface area contributed by atoms with E-state index >= 15 is 0 Å². The Bertz CT molecular complexity index is 396. The van der Waals surface area contributed by atoms with Gasteiger partial charge in [-0.2, -0.15) is 0 Å². The van der Waals surface area contributed by atoms with Gasteiger partial charge in [-0.05, 0) is 24.5 Å². The summed E-state index contributed by atoms with van der Waals surface area (Å²) in [4.78, 5) is 16.7. The fourth-order valence-electron chi connectivity index (χ4n) is 2.09. The second-order valence-corrected chi connectivity index (χ2v) is 4.36. The van der Waals surface area contributed by atoms with Crippen molar-refractivity contribution in [2.45, 2.75) is 18.9 Å². The molecule has 17 heavy (non-hydrogen) atoms. The molecule has 0 unspecified atom stereocenters. The molecule has 1 fully saturated rings. The molecule has 92 valence electrons. The first-order valence-electron chi connectivity index (χ1n) is 5.44. The number of hydrogen-bond acceptors (Lipinski definition) is 4. The number of rotatable bonds is 3. The van der Waals surface area contributed by atoms with E-state index in [1.165, 1.54) is 0 Å². The highest BCUT2D eigenvalue weighted by Gasteiger charge is 2.26. The van der Waals surface area contributed by atoms with Gasteiger partial charge in [0.1, 0.15) is 11.9 Å². The highest BCUT2D eigenvalue weighted by atomic mass is 35.5. The monoisotopic (exact) mass is 255 g/mol. The number of ether oxygens (including phenoxy) is 1. The smallest absolute Gasteiger partial charge is 0.405 e. The molecular weight excluding hydrogens is 242 g/mol. The van der Waals surface area contributed by atoms with Gasteiger partial charge < -0.3 is 10.5 Å². The maximum Gasteiger partial charge on any atom is 0.405 e. The summed E-state index contributed by atoms with van der Waals surface area (Å²) in [5, 5.41) is 0.478. The minimum absolute atomic E-state index is 0.221. The van der Waals surface area contributed by atoms with Crippen LogP contribution in [0, 0.1) is 0 Å². The molecular formula is C11H14ClN3O2. The number of nitrogens with zero attached hydrogens (tertiary/aromatic N) is 2. The van der Waals surface area contributed by atoms with Crippen molar-refractivity contribution in [1.82, 2.24) is 9.88 Å². The largest absolute Gasteiger partial charge is 0.434 e. The lowest BCUT2D eigenvalue weighted by Crippen LogP contribution is -2.29. The molecule has 1 amide bonds. The molecule has 0 aromatic carbocycles. The summed E-state index contributed by atoms with van der Waals surface area (Å²) in [6.07, 6.45) is 3.10. The molecule has 0 aliphatic carbocycles. The van der Waals surface area contributed by atoms with Crippen LogP contribution in [0.3, 0.4) is 0 Å². The van der Waals surface area contributed by atoms with Gasteiger partial charge in [-0.3, -0.25) is 4.90 Å². The minimum atomic E-state index is -0.745. The Kier molecular flexibility index (Phi) is 3.81. The van der Waals surface area contributed by atoms with Crippen molar-refractivity contribution in [2.75, 3.05) is 13.3 Å². The van der Waals surface area contributed by atoms with Gasteiger partial charge in [0.25, 0.3) is 0 Å². The van der Waals surface area contributed by atoms with Crippen LogP contribution in [0.2, 0.25) is 5.15 Å². The zero-order valence-electron chi connectivity index (χ0n) is 9.30. The lowest BCUT2D eigenvalue weighted by Gasteiger charge is -2.23. The van der Waals surface area contributed by atoms with Gasteiger partial charge in [0, 0.05) is 18.8 Å². The molecule has 6 heteroatoms. The Labute approximate surface area is 105 Å². The van der Waals surface area contributed by atoms with Crippen LogP contribution in [-0.4, -0.2) is 29.3 Å². The van der Waals surface area contributed by atoms with E-state index in [0.29, 0.717) is 5.15 Å². The lowest BCUT2D eigenvalue weighted by molar-refractivity contribution is 0.0671. The van der Waals surface area contributed by atoms with E-state index in [0.717, 1.165) is 24.9 Å². The van der Waals surface area contributed by atoms with Crippen molar-refractivity contribution in [3.8, 4) is 0 Å². The number of aromatic nitrogens is 1. The molecule has 1 aromatic heterocycles. The van der Waals surface area contributed by atoms with Gasteiger partial charge in [0.15, 0.2) is 0 Å². The number of amides is 1. The molecule has 1 aliphatic rings. The van der Waals surface area contributed by atoms with E-state index < -0.39 is 6.09 Å². The number of carbonyl (C=O) groups excluding carboxylic acids is 1. The van der Waals surface area contributed by atoms with Crippen LogP contribution in [0.15, 0.2) is 18.3 Å². The Morgan fingerprint density at radius 1 is 1.65 bits per heavy atom. The van der Waals surface area contributed by atoms with Gasteiger partial charge in [-0.25, -0.2) is 9.78 Å². The Balaban J connectivity index is 2.03. The molecule has 0 radical (unpaired) electrons. The maximum atomic E-state index is 10.6. The molecule has 2 heterocycles. The molecule has 1 saturated heterocycles. The van der Waals surface area contributed by atoms with Crippen LogP contribution in [0.25, 0.3) is 0 Å². The quantitative estimate of drug-likeness (QED) is 0.838.